The van der Waals surface area contributed by atoms with Gasteiger partial charge >= 0.3 is 12.1 Å². The number of hydrogen-bond acceptors (Lipinski definition) is 2. The Hall–Kier alpha value is -1.56. The minimum Gasteiger partial charge on any atom is -0.331 e. The molecule has 0 bridgehead atoms. The average molecular weight is 312 g/mol. The van der Waals surface area contributed by atoms with E-state index in [4.69, 9.17) is 0 Å². The molecule has 1 saturated heterocycles. The SMILES string of the molecule is Cc1ccc(C2CC2N(CC2CNC2)C(=O)C(F)(F)F)cc1. The van der Waals surface area contributed by atoms with Gasteiger partial charge in [0.1, 0.15) is 0 Å². The van der Waals surface area contributed by atoms with E-state index >= 15 is 0 Å². The van der Waals surface area contributed by atoms with E-state index in [0.717, 1.165) is 16.0 Å². The van der Waals surface area contributed by atoms with Gasteiger partial charge in [0.05, 0.1) is 0 Å². The quantitative estimate of drug-likeness (QED) is 0.926. The fourth-order valence-electron chi connectivity index (χ4n) is 2.99. The molecule has 0 aromatic heterocycles. The summed E-state index contributed by atoms with van der Waals surface area (Å²) in [6.07, 6.45) is -4.18. The molecule has 2 atom stereocenters. The van der Waals surface area contributed by atoms with E-state index in [2.05, 4.69) is 5.32 Å². The highest BCUT2D eigenvalue weighted by atomic mass is 19.4. The molecule has 1 aromatic carbocycles. The summed E-state index contributed by atoms with van der Waals surface area (Å²) in [6, 6.07) is 7.48. The number of amides is 1. The Morgan fingerprint density at radius 1 is 1.27 bits per heavy atom. The van der Waals surface area contributed by atoms with Gasteiger partial charge < -0.3 is 10.2 Å². The van der Waals surface area contributed by atoms with Crippen molar-refractivity contribution in [3.05, 3.63) is 35.4 Å². The van der Waals surface area contributed by atoms with E-state index in [1.807, 2.05) is 31.2 Å². The second-order valence-corrected chi connectivity index (χ2v) is 6.30. The molecule has 22 heavy (non-hydrogen) atoms. The van der Waals surface area contributed by atoms with Gasteiger partial charge in [0.15, 0.2) is 0 Å². The zero-order chi connectivity index (χ0) is 15.9. The van der Waals surface area contributed by atoms with Crippen LogP contribution in [0.15, 0.2) is 24.3 Å². The van der Waals surface area contributed by atoms with Crippen LogP contribution in [-0.4, -0.2) is 42.7 Å². The first-order valence-corrected chi connectivity index (χ1v) is 7.51. The smallest absolute Gasteiger partial charge is 0.331 e. The van der Waals surface area contributed by atoms with Crippen LogP contribution in [0.5, 0.6) is 0 Å². The lowest BCUT2D eigenvalue weighted by Gasteiger charge is -2.34. The minimum atomic E-state index is -4.79. The predicted octanol–water partition coefficient (Wildman–Crippen LogP) is 2.46. The van der Waals surface area contributed by atoms with E-state index < -0.39 is 12.1 Å². The van der Waals surface area contributed by atoms with Crippen molar-refractivity contribution >= 4 is 5.91 Å². The Kier molecular flexibility index (Phi) is 3.89. The number of benzene rings is 1. The average Bonchev–Trinajstić information content (AvgIpc) is 3.17. The van der Waals surface area contributed by atoms with Crippen molar-refractivity contribution in [3.8, 4) is 0 Å². The van der Waals surface area contributed by atoms with Gasteiger partial charge in [-0.05, 0) is 18.9 Å². The maximum atomic E-state index is 12.8. The third-order valence-electron chi connectivity index (χ3n) is 4.49. The molecule has 2 aliphatic rings. The summed E-state index contributed by atoms with van der Waals surface area (Å²) < 4.78 is 38.5. The monoisotopic (exact) mass is 312 g/mol. The molecule has 0 radical (unpaired) electrons. The van der Waals surface area contributed by atoms with Crippen molar-refractivity contribution < 1.29 is 18.0 Å². The molecular formula is C16H19F3N2O. The number of aryl methyl sites for hydroxylation is 1. The maximum Gasteiger partial charge on any atom is 0.471 e. The Morgan fingerprint density at radius 3 is 2.41 bits per heavy atom. The lowest BCUT2D eigenvalue weighted by atomic mass is 10.0. The topological polar surface area (TPSA) is 32.3 Å². The third kappa shape index (κ3) is 3.11. The van der Waals surface area contributed by atoms with Crippen LogP contribution < -0.4 is 5.32 Å². The van der Waals surface area contributed by atoms with Crippen LogP contribution in [0.2, 0.25) is 0 Å². The predicted molar refractivity (Wildman–Crippen MR) is 76.5 cm³/mol. The van der Waals surface area contributed by atoms with Gasteiger partial charge in [-0.2, -0.15) is 13.2 Å². The fourth-order valence-corrected chi connectivity index (χ4v) is 2.99. The fraction of sp³-hybridized carbons (Fsp3) is 0.562. The van der Waals surface area contributed by atoms with Crippen molar-refractivity contribution in [2.24, 2.45) is 5.92 Å². The molecule has 1 aliphatic carbocycles. The zero-order valence-electron chi connectivity index (χ0n) is 12.4. The zero-order valence-corrected chi connectivity index (χ0v) is 12.4. The standard InChI is InChI=1S/C16H19F3N2O/c1-10-2-4-12(5-3-10)13-6-14(13)21(9-11-7-20-8-11)15(22)16(17,18)19/h2-5,11,13-14,20H,6-9H2,1H3. The molecule has 3 nitrogen and oxygen atoms in total. The summed E-state index contributed by atoms with van der Waals surface area (Å²) in [7, 11) is 0. The number of carbonyl (C=O) groups is 1. The van der Waals surface area contributed by atoms with Crippen molar-refractivity contribution in [3.63, 3.8) is 0 Å². The summed E-state index contributed by atoms with van der Waals surface area (Å²) in [6.45, 7) is 3.53. The molecule has 1 amide bonds. The summed E-state index contributed by atoms with van der Waals surface area (Å²) in [5.74, 6) is -1.54. The number of alkyl halides is 3. The van der Waals surface area contributed by atoms with Crippen molar-refractivity contribution in [1.82, 2.24) is 10.2 Å². The molecule has 120 valence electrons. The van der Waals surface area contributed by atoms with Crippen LogP contribution >= 0.6 is 0 Å². The lowest BCUT2D eigenvalue weighted by molar-refractivity contribution is -0.187. The number of carbonyl (C=O) groups excluding carboxylic acids is 1. The van der Waals surface area contributed by atoms with Crippen molar-refractivity contribution in [1.29, 1.82) is 0 Å². The van der Waals surface area contributed by atoms with Crippen LogP contribution in [0.4, 0.5) is 13.2 Å². The molecule has 3 rings (SSSR count). The van der Waals surface area contributed by atoms with Gasteiger partial charge in [-0.15, -0.1) is 0 Å². The first-order valence-electron chi connectivity index (χ1n) is 7.51. The normalized spacial score (nSPS) is 24.7. The van der Waals surface area contributed by atoms with E-state index in [-0.39, 0.29) is 24.4 Å². The molecule has 1 heterocycles. The van der Waals surface area contributed by atoms with Crippen LogP contribution in [-0.2, 0) is 4.79 Å². The van der Waals surface area contributed by atoms with Crippen molar-refractivity contribution in [2.75, 3.05) is 19.6 Å². The molecule has 6 heteroatoms. The second kappa shape index (κ2) is 5.57. The third-order valence-corrected chi connectivity index (χ3v) is 4.49. The molecule has 2 unspecified atom stereocenters. The number of nitrogens with zero attached hydrogens (tertiary/aromatic N) is 1. The second-order valence-electron chi connectivity index (χ2n) is 6.30. The van der Waals surface area contributed by atoms with E-state index in [9.17, 15) is 18.0 Å². The Bertz CT molecular complexity index is 552. The first kappa shape index (κ1) is 15.3. The van der Waals surface area contributed by atoms with Gasteiger partial charge in [-0.25, -0.2) is 0 Å². The van der Waals surface area contributed by atoms with Gasteiger partial charge in [0, 0.05) is 37.5 Å². The number of hydrogen-bond donors (Lipinski definition) is 1. The molecule has 2 fully saturated rings. The summed E-state index contributed by atoms with van der Waals surface area (Å²) in [5.41, 5.74) is 2.13. The van der Waals surface area contributed by atoms with Crippen LogP contribution in [0.25, 0.3) is 0 Å². The first-order chi connectivity index (χ1) is 10.4. The van der Waals surface area contributed by atoms with Gasteiger partial charge in [0.2, 0.25) is 0 Å². The Balaban J connectivity index is 1.72. The lowest BCUT2D eigenvalue weighted by Crippen LogP contribution is -2.52. The molecule has 1 aromatic rings. The minimum absolute atomic E-state index is 0.0277. The largest absolute Gasteiger partial charge is 0.471 e. The molecule has 1 N–H and O–H groups in total. The highest BCUT2D eigenvalue weighted by Crippen LogP contribution is 2.46. The van der Waals surface area contributed by atoms with Gasteiger partial charge in [-0.3, -0.25) is 4.79 Å². The number of halogens is 3. The Morgan fingerprint density at radius 2 is 1.91 bits per heavy atom. The number of nitrogens with one attached hydrogen (secondary N) is 1. The molecular weight excluding hydrogens is 293 g/mol. The molecule has 1 aliphatic heterocycles. The summed E-state index contributed by atoms with van der Waals surface area (Å²) in [5, 5.41) is 3.03. The number of rotatable bonds is 4. The Labute approximate surface area is 127 Å². The molecule has 1 saturated carbocycles. The van der Waals surface area contributed by atoms with Gasteiger partial charge in [-0.1, -0.05) is 29.8 Å². The van der Waals surface area contributed by atoms with Crippen molar-refractivity contribution in [2.45, 2.75) is 31.5 Å². The summed E-state index contributed by atoms with van der Waals surface area (Å²) >= 11 is 0. The van der Waals surface area contributed by atoms with Crippen LogP contribution in [0.3, 0.4) is 0 Å². The van der Waals surface area contributed by atoms with E-state index in [1.54, 1.807) is 0 Å². The highest BCUT2D eigenvalue weighted by Gasteiger charge is 2.52. The van der Waals surface area contributed by atoms with E-state index in [1.165, 1.54) is 0 Å². The highest BCUT2D eigenvalue weighted by molar-refractivity contribution is 5.82. The summed E-state index contributed by atoms with van der Waals surface area (Å²) in [4.78, 5) is 12.8. The molecule has 0 spiro atoms. The van der Waals surface area contributed by atoms with Gasteiger partial charge in [0.25, 0.3) is 0 Å². The van der Waals surface area contributed by atoms with E-state index in [0.29, 0.717) is 19.5 Å². The maximum absolute atomic E-state index is 12.8. The van der Waals surface area contributed by atoms with Crippen LogP contribution in [0.1, 0.15) is 23.5 Å². The van der Waals surface area contributed by atoms with Crippen LogP contribution in [0, 0.1) is 12.8 Å².